The molecule has 0 amide bonds. The summed E-state index contributed by atoms with van der Waals surface area (Å²) in [6, 6.07) is 6.61. The lowest BCUT2D eigenvalue weighted by Crippen LogP contribution is -2.43. The highest BCUT2D eigenvalue weighted by Gasteiger charge is 2.42. The molecule has 1 aliphatic rings. The fraction of sp³-hybridized carbons (Fsp3) is 0.571. The monoisotopic (exact) mass is 236 g/mol. The molecule has 0 bridgehead atoms. The topological polar surface area (TPSA) is 38.0 Å². The molecule has 1 saturated carbocycles. The summed E-state index contributed by atoms with van der Waals surface area (Å²) in [5.41, 5.74) is 6.99. The number of halogens is 1. The van der Waals surface area contributed by atoms with Crippen molar-refractivity contribution >= 4 is 5.69 Å². The largest absolute Gasteiger partial charge is 0.378 e. The molecule has 1 fully saturated rings. The Morgan fingerprint density at radius 2 is 2.12 bits per heavy atom. The van der Waals surface area contributed by atoms with E-state index >= 15 is 0 Å². The molecule has 1 unspecified atom stereocenters. The molecule has 0 aliphatic heterocycles. The lowest BCUT2D eigenvalue weighted by molar-refractivity contribution is 0.351. The van der Waals surface area contributed by atoms with E-state index in [1.165, 1.54) is 12.1 Å². The highest BCUT2D eigenvalue weighted by Crippen LogP contribution is 2.44. The molecule has 2 nitrogen and oxygen atoms in total. The van der Waals surface area contributed by atoms with Gasteiger partial charge in [0.25, 0.3) is 0 Å². The van der Waals surface area contributed by atoms with Crippen molar-refractivity contribution < 1.29 is 4.39 Å². The minimum Gasteiger partial charge on any atom is -0.378 e. The van der Waals surface area contributed by atoms with E-state index in [1.54, 1.807) is 6.07 Å². The highest BCUT2D eigenvalue weighted by atomic mass is 19.1. The predicted molar refractivity (Wildman–Crippen MR) is 69.4 cm³/mol. The van der Waals surface area contributed by atoms with E-state index in [0.29, 0.717) is 12.0 Å². The van der Waals surface area contributed by atoms with Crippen LogP contribution in [0, 0.1) is 11.2 Å². The number of rotatable bonds is 3. The number of hydrogen-bond acceptors (Lipinski definition) is 2. The summed E-state index contributed by atoms with van der Waals surface area (Å²) in [5.74, 6) is -0.209. The summed E-state index contributed by atoms with van der Waals surface area (Å²) in [4.78, 5) is 0. The smallest absolute Gasteiger partial charge is 0.125 e. The Bertz CT molecular complexity index is 403. The first-order chi connectivity index (χ1) is 7.95. The molecule has 1 atom stereocenters. The van der Waals surface area contributed by atoms with Gasteiger partial charge >= 0.3 is 0 Å². The molecule has 94 valence electrons. The van der Waals surface area contributed by atoms with Crippen molar-refractivity contribution in [3.8, 4) is 0 Å². The van der Waals surface area contributed by atoms with Crippen LogP contribution >= 0.6 is 0 Å². The Balaban J connectivity index is 2.16. The van der Waals surface area contributed by atoms with Crippen LogP contribution in [-0.4, -0.2) is 12.1 Å². The standard InChI is InChI=1S/C14H21FN2/c1-13(2)6-7-14(9-13,10-16)17-12-5-3-4-11(15)8-12/h3-5,8,17H,6-7,9-10,16H2,1-2H3. The van der Waals surface area contributed by atoms with Crippen LogP contribution in [0.15, 0.2) is 24.3 Å². The summed E-state index contributed by atoms with van der Waals surface area (Å²) in [5, 5.41) is 3.44. The van der Waals surface area contributed by atoms with E-state index in [9.17, 15) is 4.39 Å². The van der Waals surface area contributed by atoms with E-state index in [0.717, 1.165) is 24.9 Å². The average molecular weight is 236 g/mol. The van der Waals surface area contributed by atoms with E-state index in [4.69, 9.17) is 5.73 Å². The molecule has 3 N–H and O–H groups in total. The van der Waals surface area contributed by atoms with Gasteiger partial charge in [0, 0.05) is 12.2 Å². The predicted octanol–water partition coefficient (Wildman–Crippen LogP) is 3.15. The number of nitrogens with two attached hydrogens (primary N) is 1. The van der Waals surface area contributed by atoms with Gasteiger partial charge in [0.1, 0.15) is 5.82 Å². The van der Waals surface area contributed by atoms with Crippen LogP contribution < -0.4 is 11.1 Å². The molecule has 0 saturated heterocycles. The second-order valence-electron chi connectivity index (χ2n) is 5.96. The van der Waals surface area contributed by atoms with Crippen molar-refractivity contribution in [2.24, 2.45) is 11.1 Å². The molecule has 1 aromatic rings. The zero-order chi connectivity index (χ0) is 12.5. The third-order valence-corrected chi connectivity index (χ3v) is 3.72. The molecular formula is C14H21FN2. The average Bonchev–Trinajstić information content (AvgIpc) is 2.55. The van der Waals surface area contributed by atoms with Gasteiger partial charge in [-0.25, -0.2) is 4.39 Å². The van der Waals surface area contributed by atoms with Gasteiger partial charge in [-0.05, 0) is 42.9 Å². The van der Waals surface area contributed by atoms with Gasteiger partial charge < -0.3 is 11.1 Å². The van der Waals surface area contributed by atoms with Gasteiger partial charge in [0.05, 0.1) is 5.54 Å². The first-order valence-electron chi connectivity index (χ1n) is 6.19. The molecule has 0 radical (unpaired) electrons. The van der Waals surface area contributed by atoms with Crippen molar-refractivity contribution in [1.29, 1.82) is 0 Å². The fourth-order valence-electron chi connectivity index (χ4n) is 2.87. The normalized spacial score (nSPS) is 27.1. The first-order valence-corrected chi connectivity index (χ1v) is 6.19. The number of benzene rings is 1. The zero-order valence-electron chi connectivity index (χ0n) is 10.6. The van der Waals surface area contributed by atoms with Gasteiger partial charge in [-0.3, -0.25) is 0 Å². The van der Waals surface area contributed by atoms with Crippen molar-refractivity contribution in [3.63, 3.8) is 0 Å². The number of anilines is 1. The molecule has 1 aliphatic carbocycles. The van der Waals surface area contributed by atoms with Gasteiger partial charge in [0.15, 0.2) is 0 Å². The van der Waals surface area contributed by atoms with Gasteiger partial charge in [-0.1, -0.05) is 19.9 Å². The fourth-order valence-corrected chi connectivity index (χ4v) is 2.87. The zero-order valence-corrected chi connectivity index (χ0v) is 10.6. The Kier molecular flexibility index (Phi) is 3.13. The minimum atomic E-state index is -0.209. The third-order valence-electron chi connectivity index (χ3n) is 3.72. The van der Waals surface area contributed by atoms with Crippen molar-refractivity contribution in [2.75, 3.05) is 11.9 Å². The molecule has 2 rings (SSSR count). The molecule has 0 spiro atoms. The number of nitrogens with one attached hydrogen (secondary N) is 1. The molecule has 0 heterocycles. The Morgan fingerprint density at radius 1 is 1.35 bits per heavy atom. The quantitative estimate of drug-likeness (QED) is 0.846. The molecule has 3 heteroatoms. The molecule has 0 aromatic heterocycles. The van der Waals surface area contributed by atoms with Gasteiger partial charge in [-0.15, -0.1) is 0 Å². The van der Waals surface area contributed by atoms with Gasteiger partial charge in [0.2, 0.25) is 0 Å². The summed E-state index contributed by atoms with van der Waals surface area (Å²) >= 11 is 0. The van der Waals surface area contributed by atoms with Crippen LogP contribution in [0.4, 0.5) is 10.1 Å². The minimum absolute atomic E-state index is 0.0721. The SMILES string of the molecule is CC1(C)CCC(CN)(Nc2cccc(F)c2)C1. The van der Waals surface area contributed by atoms with E-state index < -0.39 is 0 Å². The second-order valence-corrected chi connectivity index (χ2v) is 5.96. The lowest BCUT2D eigenvalue weighted by Gasteiger charge is -2.32. The summed E-state index contributed by atoms with van der Waals surface area (Å²) < 4.78 is 13.2. The van der Waals surface area contributed by atoms with Crippen LogP contribution in [0.25, 0.3) is 0 Å². The van der Waals surface area contributed by atoms with E-state index in [1.807, 2.05) is 6.07 Å². The maximum absolute atomic E-state index is 13.2. The molecule has 17 heavy (non-hydrogen) atoms. The highest BCUT2D eigenvalue weighted by molar-refractivity contribution is 5.46. The first kappa shape index (κ1) is 12.4. The Hall–Kier alpha value is -1.09. The lowest BCUT2D eigenvalue weighted by atomic mass is 9.87. The van der Waals surface area contributed by atoms with Crippen molar-refractivity contribution in [2.45, 2.75) is 38.6 Å². The van der Waals surface area contributed by atoms with Gasteiger partial charge in [-0.2, -0.15) is 0 Å². The summed E-state index contributed by atoms with van der Waals surface area (Å²) in [6.07, 6.45) is 3.24. The van der Waals surface area contributed by atoms with Crippen molar-refractivity contribution in [3.05, 3.63) is 30.1 Å². The van der Waals surface area contributed by atoms with Crippen LogP contribution in [0.1, 0.15) is 33.1 Å². The van der Waals surface area contributed by atoms with E-state index in [2.05, 4.69) is 19.2 Å². The van der Waals surface area contributed by atoms with Crippen LogP contribution in [0.3, 0.4) is 0 Å². The molecule has 1 aromatic carbocycles. The Morgan fingerprint density at radius 3 is 2.65 bits per heavy atom. The number of hydrogen-bond donors (Lipinski definition) is 2. The maximum Gasteiger partial charge on any atom is 0.125 e. The van der Waals surface area contributed by atoms with Crippen LogP contribution in [0.5, 0.6) is 0 Å². The van der Waals surface area contributed by atoms with Crippen LogP contribution in [-0.2, 0) is 0 Å². The summed E-state index contributed by atoms with van der Waals surface area (Å²) in [7, 11) is 0. The third kappa shape index (κ3) is 2.78. The second kappa shape index (κ2) is 4.30. The van der Waals surface area contributed by atoms with Crippen molar-refractivity contribution in [1.82, 2.24) is 0 Å². The Labute approximate surface area is 102 Å². The molecular weight excluding hydrogens is 215 g/mol. The van der Waals surface area contributed by atoms with E-state index in [-0.39, 0.29) is 11.4 Å². The maximum atomic E-state index is 13.2. The summed E-state index contributed by atoms with van der Waals surface area (Å²) in [6.45, 7) is 5.11. The van der Waals surface area contributed by atoms with Crippen LogP contribution in [0.2, 0.25) is 0 Å².